The van der Waals surface area contributed by atoms with E-state index in [1.54, 1.807) is 4.68 Å². The van der Waals surface area contributed by atoms with Crippen LogP contribution in [0.2, 0.25) is 0 Å². The molecule has 0 spiro atoms. The first-order valence-electron chi connectivity index (χ1n) is 7.24. The number of nitrogens with one attached hydrogen (secondary N) is 1. The molecule has 1 atom stereocenters. The molecule has 1 aromatic heterocycles. The molecule has 0 amide bonds. The van der Waals surface area contributed by atoms with Crippen LogP contribution in [-0.4, -0.2) is 21.4 Å². The first-order chi connectivity index (χ1) is 10.4. The van der Waals surface area contributed by atoms with E-state index in [4.69, 9.17) is 0 Å². The Kier molecular flexibility index (Phi) is 5.26. The lowest BCUT2D eigenvalue weighted by Gasteiger charge is -2.13. The second kappa shape index (κ2) is 6.98. The van der Waals surface area contributed by atoms with Crippen molar-refractivity contribution in [3.63, 3.8) is 0 Å². The Hall–Kier alpha value is -1.79. The maximum absolute atomic E-state index is 13.6. The molecule has 22 heavy (non-hydrogen) atoms. The number of halogens is 2. The van der Waals surface area contributed by atoms with Crippen LogP contribution in [0.25, 0.3) is 0 Å². The van der Waals surface area contributed by atoms with Gasteiger partial charge in [-0.3, -0.25) is 4.68 Å². The second-order valence-electron chi connectivity index (χ2n) is 5.68. The molecular formula is C16H21F2N3O. The highest BCUT2D eigenvalue weighted by Crippen LogP contribution is 2.19. The number of rotatable bonds is 6. The number of aliphatic hydroxyl groups is 1. The maximum Gasteiger partial charge on any atom is 0.131 e. The van der Waals surface area contributed by atoms with Gasteiger partial charge in [-0.15, -0.1) is 0 Å². The fraction of sp³-hybridized carbons (Fsp3) is 0.438. The summed E-state index contributed by atoms with van der Waals surface area (Å²) in [6.45, 7) is 4.83. The molecule has 0 aliphatic rings. The molecule has 0 bridgehead atoms. The van der Waals surface area contributed by atoms with Crippen LogP contribution in [0.3, 0.4) is 0 Å². The molecular weight excluding hydrogens is 288 g/mol. The summed E-state index contributed by atoms with van der Waals surface area (Å²) in [5.74, 6) is -1.09. The van der Waals surface area contributed by atoms with Gasteiger partial charge < -0.3 is 10.4 Å². The molecule has 1 heterocycles. The van der Waals surface area contributed by atoms with Crippen LogP contribution in [-0.2, 0) is 13.6 Å². The highest BCUT2D eigenvalue weighted by Gasteiger charge is 2.15. The third-order valence-corrected chi connectivity index (χ3v) is 3.46. The fourth-order valence-corrected chi connectivity index (χ4v) is 2.40. The molecule has 4 nitrogen and oxygen atoms in total. The van der Waals surface area contributed by atoms with E-state index in [1.165, 1.54) is 6.07 Å². The van der Waals surface area contributed by atoms with Gasteiger partial charge in [0.25, 0.3) is 0 Å². The van der Waals surface area contributed by atoms with Gasteiger partial charge >= 0.3 is 0 Å². The summed E-state index contributed by atoms with van der Waals surface area (Å²) in [5, 5.41) is 17.5. The maximum atomic E-state index is 13.6. The summed E-state index contributed by atoms with van der Waals surface area (Å²) in [4.78, 5) is 0. The van der Waals surface area contributed by atoms with Gasteiger partial charge in [0.05, 0.1) is 11.8 Å². The third-order valence-electron chi connectivity index (χ3n) is 3.46. The molecule has 0 radical (unpaired) electrons. The van der Waals surface area contributed by atoms with Gasteiger partial charge in [0.1, 0.15) is 11.6 Å². The van der Waals surface area contributed by atoms with Gasteiger partial charge in [-0.05, 0) is 12.0 Å². The lowest BCUT2D eigenvalue weighted by molar-refractivity contribution is 0.169. The Labute approximate surface area is 128 Å². The number of nitrogens with zero attached hydrogens (tertiary/aromatic N) is 2. The average Bonchev–Trinajstić information content (AvgIpc) is 2.80. The highest BCUT2D eigenvalue weighted by atomic mass is 19.1. The molecule has 0 saturated carbocycles. The quantitative estimate of drug-likeness (QED) is 0.862. The fourth-order valence-electron chi connectivity index (χ4n) is 2.40. The van der Waals surface area contributed by atoms with Gasteiger partial charge in [0, 0.05) is 43.5 Å². The van der Waals surface area contributed by atoms with Crippen molar-refractivity contribution in [2.24, 2.45) is 7.05 Å². The largest absolute Gasteiger partial charge is 0.387 e. The Morgan fingerprint density at radius 2 is 2.05 bits per heavy atom. The lowest BCUT2D eigenvalue weighted by atomic mass is 10.1. The smallest absolute Gasteiger partial charge is 0.131 e. The van der Waals surface area contributed by atoms with Crippen LogP contribution >= 0.6 is 0 Å². The summed E-state index contributed by atoms with van der Waals surface area (Å²) in [7, 11) is 1.86. The van der Waals surface area contributed by atoms with Gasteiger partial charge in [-0.2, -0.15) is 5.10 Å². The number of hydrogen-bond donors (Lipinski definition) is 2. The Morgan fingerprint density at radius 3 is 2.68 bits per heavy atom. The lowest BCUT2D eigenvalue weighted by Crippen LogP contribution is -2.22. The summed E-state index contributed by atoms with van der Waals surface area (Å²) >= 11 is 0. The molecule has 1 unspecified atom stereocenters. The number of aromatic nitrogens is 2. The van der Waals surface area contributed by atoms with E-state index in [9.17, 15) is 13.9 Å². The van der Waals surface area contributed by atoms with Crippen molar-refractivity contribution in [3.8, 4) is 0 Å². The van der Waals surface area contributed by atoms with Crippen LogP contribution in [0.1, 0.15) is 42.7 Å². The molecule has 2 rings (SSSR count). The third kappa shape index (κ3) is 3.90. The summed E-state index contributed by atoms with van der Waals surface area (Å²) in [5.41, 5.74) is 2.13. The van der Waals surface area contributed by atoms with E-state index >= 15 is 0 Å². The number of benzene rings is 1. The van der Waals surface area contributed by atoms with E-state index in [0.717, 1.165) is 23.4 Å². The van der Waals surface area contributed by atoms with Gasteiger partial charge in [0.15, 0.2) is 0 Å². The number of aryl methyl sites for hydroxylation is 1. The standard InChI is InChI=1S/C16H21F2N3O/c1-10(2)16-11(9-21(3)20-16)7-19-8-15(22)13-5-4-12(17)6-14(13)18/h4-6,9-10,15,19,22H,7-8H2,1-3H3. The SMILES string of the molecule is CC(C)c1nn(C)cc1CNCC(O)c1ccc(F)cc1F. The van der Waals surface area contributed by atoms with Crippen molar-refractivity contribution >= 4 is 0 Å². The molecule has 0 saturated heterocycles. The predicted octanol–water partition coefficient (Wildman–Crippen LogP) is 2.64. The van der Waals surface area contributed by atoms with Gasteiger partial charge in [-0.25, -0.2) is 8.78 Å². The average molecular weight is 309 g/mol. The summed E-state index contributed by atoms with van der Waals surface area (Å²) < 4.78 is 28.2. The van der Waals surface area contributed by atoms with Gasteiger partial charge in [0.2, 0.25) is 0 Å². The molecule has 2 aromatic rings. The zero-order chi connectivity index (χ0) is 16.3. The zero-order valence-corrected chi connectivity index (χ0v) is 13.0. The van der Waals surface area contributed by atoms with Crippen molar-refractivity contribution in [2.75, 3.05) is 6.54 Å². The number of hydrogen-bond acceptors (Lipinski definition) is 3. The van der Waals surface area contributed by atoms with Crippen molar-refractivity contribution in [3.05, 3.63) is 52.9 Å². The van der Waals surface area contributed by atoms with E-state index in [-0.39, 0.29) is 12.1 Å². The molecule has 0 fully saturated rings. The first kappa shape index (κ1) is 16.6. The number of aliphatic hydroxyl groups excluding tert-OH is 1. The molecule has 2 N–H and O–H groups in total. The predicted molar refractivity (Wildman–Crippen MR) is 80.3 cm³/mol. The first-order valence-corrected chi connectivity index (χ1v) is 7.24. The van der Waals surface area contributed by atoms with E-state index in [0.29, 0.717) is 12.5 Å². The van der Waals surface area contributed by atoms with Crippen LogP contribution in [0.15, 0.2) is 24.4 Å². The molecule has 0 aliphatic carbocycles. The summed E-state index contributed by atoms with van der Waals surface area (Å²) in [6.07, 6.45) is 0.896. The van der Waals surface area contributed by atoms with Crippen molar-refractivity contribution in [1.29, 1.82) is 0 Å². The van der Waals surface area contributed by atoms with Crippen LogP contribution < -0.4 is 5.32 Å². The normalized spacial score (nSPS) is 12.9. The minimum Gasteiger partial charge on any atom is -0.387 e. The van der Waals surface area contributed by atoms with Crippen molar-refractivity contribution in [2.45, 2.75) is 32.4 Å². The van der Waals surface area contributed by atoms with E-state index in [1.807, 2.05) is 13.2 Å². The van der Waals surface area contributed by atoms with E-state index < -0.39 is 17.7 Å². The zero-order valence-electron chi connectivity index (χ0n) is 13.0. The summed E-state index contributed by atoms with van der Waals surface area (Å²) in [6, 6.07) is 3.18. The Balaban J connectivity index is 1.96. The highest BCUT2D eigenvalue weighted by molar-refractivity contribution is 5.22. The van der Waals surface area contributed by atoms with Crippen molar-refractivity contribution < 1.29 is 13.9 Å². The van der Waals surface area contributed by atoms with Crippen molar-refractivity contribution in [1.82, 2.24) is 15.1 Å². The topological polar surface area (TPSA) is 50.1 Å². The Morgan fingerprint density at radius 1 is 1.32 bits per heavy atom. The molecule has 6 heteroatoms. The molecule has 120 valence electrons. The molecule has 0 aliphatic heterocycles. The molecule has 1 aromatic carbocycles. The van der Waals surface area contributed by atoms with Crippen LogP contribution in [0, 0.1) is 11.6 Å². The van der Waals surface area contributed by atoms with E-state index in [2.05, 4.69) is 24.3 Å². The Bertz CT molecular complexity index is 640. The monoisotopic (exact) mass is 309 g/mol. The minimum absolute atomic E-state index is 0.0872. The minimum atomic E-state index is -1.03. The second-order valence-corrected chi connectivity index (χ2v) is 5.68. The van der Waals surface area contributed by atoms with Crippen LogP contribution in [0.5, 0.6) is 0 Å². The van der Waals surface area contributed by atoms with Crippen LogP contribution in [0.4, 0.5) is 8.78 Å². The van der Waals surface area contributed by atoms with Gasteiger partial charge in [-0.1, -0.05) is 19.9 Å².